The lowest BCUT2D eigenvalue weighted by atomic mass is 9.55. The van der Waals surface area contributed by atoms with Crippen molar-refractivity contribution < 1.29 is 36.2 Å². The van der Waals surface area contributed by atoms with Gasteiger partial charge in [-0.05, 0) is 31.0 Å². The number of aromatic nitrogens is 2. The summed E-state index contributed by atoms with van der Waals surface area (Å²) in [6, 6.07) is 6.20. The number of imidazole rings is 1. The molecule has 10 nitrogen and oxygen atoms in total. The van der Waals surface area contributed by atoms with Crippen LogP contribution in [0.25, 0.3) is 5.65 Å². The van der Waals surface area contributed by atoms with Crippen molar-refractivity contribution in [3.05, 3.63) is 59.5 Å². The Balaban J connectivity index is 1.19. The number of nitrogens with zero attached hydrogens (tertiary/aromatic N) is 5. The van der Waals surface area contributed by atoms with Crippen molar-refractivity contribution in [3.63, 3.8) is 0 Å². The second-order valence-corrected chi connectivity index (χ2v) is 11.7. The van der Waals surface area contributed by atoms with Crippen molar-refractivity contribution in [3.8, 4) is 0 Å². The lowest BCUT2D eigenvalue weighted by Gasteiger charge is -2.62. The fourth-order valence-corrected chi connectivity index (χ4v) is 6.18. The largest absolute Gasteiger partial charge is 0.384 e. The molecule has 2 saturated carbocycles. The third kappa shape index (κ3) is 5.22. The Morgan fingerprint density at radius 1 is 1.14 bits per heavy atom. The Kier molecular flexibility index (Phi) is 6.76. The molecule has 1 aromatic carbocycles. The molecule has 0 unspecified atom stereocenters. The van der Waals surface area contributed by atoms with Crippen LogP contribution in [0.15, 0.2) is 47.8 Å². The van der Waals surface area contributed by atoms with Crippen LogP contribution in [0, 0.1) is 5.41 Å². The number of carbonyl (C=O) groups excluding carboxylic acids is 1. The molecule has 16 heteroatoms. The summed E-state index contributed by atoms with van der Waals surface area (Å²) in [6.07, 6.45) is -3.80. The van der Waals surface area contributed by atoms with E-state index in [4.69, 9.17) is 11.6 Å². The number of carbonyl (C=O) groups is 1. The van der Waals surface area contributed by atoms with Crippen LogP contribution >= 0.6 is 0 Å². The number of nitrogens with one attached hydrogen (secondary N) is 1. The van der Waals surface area contributed by atoms with Crippen molar-refractivity contribution in [2.45, 2.75) is 56.1 Å². The summed E-state index contributed by atoms with van der Waals surface area (Å²) in [5.41, 5.74) is 4.16. The van der Waals surface area contributed by atoms with Gasteiger partial charge >= 0.3 is 0 Å². The zero-order valence-electron chi connectivity index (χ0n) is 22.5. The van der Waals surface area contributed by atoms with Crippen LogP contribution in [0.1, 0.15) is 53.7 Å². The minimum absolute atomic E-state index is 0.00965. The number of amides is 1. The van der Waals surface area contributed by atoms with Crippen LogP contribution in [0.4, 0.5) is 37.7 Å². The standard InChI is InChI=1S/C27H28F6N8O2/c28-21(29)17-3-1-14(22(34)38-41(35)16-6-27(32,33)7-16)5-18(17)37-23(42)19-8-36-20-4-2-15(9-40(19)20)39-12-25(13-39)10-26(43,11-25)24(30)31/h1-5,8-9,16,21,24,43H,6-7,10-13,35H2,(H2,34,38)(H,37,42). The van der Waals surface area contributed by atoms with E-state index in [1.807, 2.05) is 4.90 Å². The summed E-state index contributed by atoms with van der Waals surface area (Å²) in [5.74, 6) is 1.93. The van der Waals surface area contributed by atoms with Gasteiger partial charge < -0.3 is 21.1 Å². The van der Waals surface area contributed by atoms with Crippen LogP contribution < -0.4 is 21.8 Å². The first kappa shape index (κ1) is 29.0. The molecule has 3 heterocycles. The Morgan fingerprint density at radius 3 is 2.47 bits per heavy atom. The van der Waals surface area contributed by atoms with Gasteiger partial charge in [0, 0.05) is 48.7 Å². The van der Waals surface area contributed by atoms with Crippen molar-refractivity contribution >= 4 is 28.8 Å². The van der Waals surface area contributed by atoms with Crippen molar-refractivity contribution in [1.82, 2.24) is 14.5 Å². The van der Waals surface area contributed by atoms with E-state index in [-0.39, 0.29) is 41.0 Å². The molecular weight excluding hydrogens is 582 g/mol. The van der Waals surface area contributed by atoms with Crippen LogP contribution in [0.3, 0.4) is 0 Å². The number of alkyl halides is 6. The maximum absolute atomic E-state index is 13.8. The molecule has 3 aromatic rings. The van der Waals surface area contributed by atoms with Gasteiger partial charge in [-0.2, -0.15) is 0 Å². The molecule has 43 heavy (non-hydrogen) atoms. The van der Waals surface area contributed by atoms with E-state index >= 15 is 0 Å². The summed E-state index contributed by atoms with van der Waals surface area (Å²) >= 11 is 0. The summed E-state index contributed by atoms with van der Waals surface area (Å²) in [5, 5.41) is 17.1. The second kappa shape index (κ2) is 10.0. The maximum Gasteiger partial charge on any atom is 0.274 e. The van der Waals surface area contributed by atoms with E-state index in [0.717, 1.165) is 11.2 Å². The zero-order chi connectivity index (χ0) is 30.9. The average molecular weight is 611 g/mol. The van der Waals surface area contributed by atoms with Gasteiger partial charge in [-0.1, -0.05) is 12.1 Å². The Bertz CT molecular complexity index is 1590. The first-order chi connectivity index (χ1) is 20.2. The molecule has 1 aliphatic heterocycles. The SMILES string of the molecule is N/C(=N\N(N)C1CC(F)(F)C1)c1ccc(C(F)F)c(NC(=O)c2cnc3ccc(N4CC5(C4)CC(O)(C(F)F)C5)cn23)c1. The van der Waals surface area contributed by atoms with E-state index in [0.29, 0.717) is 24.4 Å². The maximum atomic E-state index is 13.8. The van der Waals surface area contributed by atoms with Crippen LogP contribution in [0.2, 0.25) is 0 Å². The molecule has 2 aliphatic carbocycles. The molecule has 0 radical (unpaired) electrons. The van der Waals surface area contributed by atoms with Gasteiger partial charge in [0.05, 0.1) is 23.6 Å². The molecule has 1 spiro atoms. The number of hydrazone groups is 1. The topological polar surface area (TPSA) is 138 Å². The number of aliphatic hydroxyl groups is 1. The third-order valence-corrected chi connectivity index (χ3v) is 8.41. The summed E-state index contributed by atoms with van der Waals surface area (Å²) in [6.45, 7) is 0.918. The molecule has 3 fully saturated rings. The van der Waals surface area contributed by atoms with Crippen LogP contribution in [-0.4, -0.2) is 68.4 Å². The molecule has 1 amide bonds. The molecule has 3 aliphatic rings. The number of rotatable bonds is 8. The van der Waals surface area contributed by atoms with Gasteiger partial charge in [0.25, 0.3) is 24.7 Å². The molecule has 0 atom stereocenters. The molecule has 230 valence electrons. The smallest absolute Gasteiger partial charge is 0.274 e. The van der Waals surface area contributed by atoms with Gasteiger partial charge in [-0.15, -0.1) is 5.10 Å². The highest BCUT2D eigenvalue weighted by Gasteiger charge is 2.63. The number of hydrazine groups is 1. The Morgan fingerprint density at radius 2 is 1.84 bits per heavy atom. The van der Waals surface area contributed by atoms with E-state index in [1.165, 1.54) is 22.7 Å². The Labute approximate surface area is 240 Å². The lowest BCUT2D eigenvalue weighted by molar-refractivity contribution is -0.209. The summed E-state index contributed by atoms with van der Waals surface area (Å²) in [4.78, 5) is 19.4. The lowest BCUT2D eigenvalue weighted by Crippen LogP contribution is -2.70. The summed E-state index contributed by atoms with van der Waals surface area (Å²) < 4.78 is 81.6. The van der Waals surface area contributed by atoms with Gasteiger partial charge in [-0.25, -0.2) is 42.3 Å². The van der Waals surface area contributed by atoms with Crippen molar-refractivity contribution in [1.29, 1.82) is 0 Å². The molecular formula is C27H28F6N8O2. The molecule has 2 aromatic heterocycles. The molecule has 0 bridgehead atoms. The van der Waals surface area contributed by atoms with Gasteiger partial charge in [0.2, 0.25) is 0 Å². The molecule has 1 saturated heterocycles. The third-order valence-electron chi connectivity index (χ3n) is 8.41. The predicted octanol–water partition coefficient (Wildman–Crippen LogP) is 3.71. The minimum atomic E-state index is -2.95. The molecule has 6 rings (SSSR count). The van der Waals surface area contributed by atoms with E-state index < -0.39 is 54.7 Å². The molecule has 6 N–H and O–H groups in total. The first-order valence-corrected chi connectivity index (χ1v) is 13.4. The Hall–Kier alpha value is -4.05. The first-order valence-electron chi connectivity index (χ1n) is 13.4. The monoisotopic (exact) mass is 610 g/mol. The number of fused-ring (bicyclic) bond motifs is 1. The van der Waals surface area contributed by atoms with Crippen molar-refractivity contribution in [2.24, 2.45) is 22.1 Å². The number of hydrogen-bond acceptors (Lipinski definition) is 7. The number of anilines is 2. The van der Waals surface area contributed by atoms with Crippen molar-refractivity contribution in [2.75, 3.05) is 23.3 Å². The van der Waals surface area contributed by atoms with Crippen LogP contribution in [-0.2, 0) is 0 Å². The van der Waals surface area contributed by atoms with Gasteiger partial charge in [0.1, 0.15) is 16.9 Å². The second-order valence-electron chi connectivity index (χ2n) is 11.7. The fourth-order valence-electron chi connectivity index (χ4n) is 6.18. The number of amidine groups is 1. The van der Waals surface area contributed by atoms with E-state index in [9.17, 15) is 36.2 Å². The van der Waals surface area contributed by atoms with Gasteiger partial charge in [-0.3, -0.25) is 9.20 Å². The number of pyridine rings is 1. The van der Waals surface area contributed by atoms with E-state index in [1.54, 1.807) is 18.3 Å². The number of benzene rings is 1. The number of halogens is 6. The normalized spacial score (nSPS) is 20.7. The van der Waals surface area contributed by atoms with Crippen LogP contribution in [0.5, 0.6) is 0 Å². The number of hydrogen-bond donors (Lipinski definition) is 4. The van der Waals surface area contributed by atoms with E-state index in [2.05, 4.69) is 15.4 Å². The quantitative estimate of drug-likeness (QED) is 0.100. The minimum Gasteiger partial charge on any atom is -0.384 e. The average Bonchev–Trinajstić information content (AvgIpc) is 3.31. The van der Waals surface area contributed by atoms with Gasteiger partial charge in [0.15, 0.2) is 5.84 Å². The highest BCUT2D eigenvalue weighted by Crippen LogP contribution is 2.56. The fraction of sp³-hybridized carbons (Fsp3) is 0.444. The highest BCUT2D eigenvalue weighted by atomic mass is 19.3. The number of nitrogens with two attached hydrogens (primary N) is 2. The summed E-state index contributed by atoms with van der Waals surface area (Å²) in [7, 11) is 0. The zero-order valence-corrected chi connectivity index (χ0v) is 22.5. The highest BCUT2D eigenvalue weighted by molar-refractivity contribution is 6.05. The predicted molar refractivity (Wildman–Crippen MR) is 144 cm³/mol.